The van der Waals surface area contributed by atoms with Crippen LogP contribution in [0.2, 0.25) is 0 Å². The van der Waals surface area contributed by atoms with Gasteiger partial charge in [0, 0.05) is 38.8 Å². The number of rotatable bonds is 3. The first-order valence-electron chi connectivity index (χ1n) is 5.24. The molecule has 0 aromatic carbocycles. The summed E-state index contributed by atoms with van der Waals surface area (Å²) in [6, 6.07) is 1.61. The number of nitrogens with zero attached hydrogens (tertiary/aromatic N) is 2. The highest BCUT2D eigenvalue weighted by Gasteiger charge is 2.37. The van der Waals surface area contributed by atoms with Crippen LogP contribution < -0.4 is 0 Å². The summed E-state index contributed by atoms with van der Waals surface area (Å²) in [5, 5.41) is 0. The predicted molar refractivity (Wildman–Crippen MR) is 52.9 cm³/mol. The van der Waals surface area contributed by atoms with Crippen molar-refractivity contribution in [3.8, 4) is 0 Å². The van der Waals surface area contributed by atoms with Gasteiger partial charge in [-0.25, -0.2) is 0 Å². The summed E-state index contributed by atoms with van der Waals surface area (Å²) in [6.07, 6.45) is 2.78. The minimum atomic E-state index is 0.805. The summed E-state index contributed by atoms with van der Waals surface area (Å²) in [5.41, 5.74) is 0. The van der Waals surface area contributed by atoms with Gasteiger partial charge in [-0.3, -0.25) is 4.90 Å². The van der Waals surface area contributed by atoms with Gasteiger partial charge in [-0.1, -0.05) is 0 Å². The number of likely N-dealkylation sites (tertiary alicyclic amines) is 1. The topological polar surface area (TPSA) is 15.7 Å². The van der Waals surface area contributed by atoms with Crippen molar-refractivity contribution < 1.29 is 4.74 Å². The van der Waals surface area contributed by atoms with E-state index in [1.54, 1.807) is 7.11 Å². The fraction of sp³-hybridized carbons (Fsp3) is 1.00. The van der Waals surface area contributed by atoms with Crippen molar-refractivity contribution in [1.82, 2.24) is 9.80 Å². The Hall–Kier alpha value is -0.120. The SMILES string of the molecule is COCCN1C2CCC1CN(C)C2. The quantitative estimate of drug-likeness (QED) is 0.632. The molecule has 0 aromatic rings. The predicted octanol–water partition coefficient (Wildman–Crippen LogP) is 0.411. The van der Waals surface area contributed by atoms with E-state index in [1.165, 1.54) is 25.9 Å². The fourth-order valence-electron chi connectivity index (χ4n) is 2.76. The molecule has 2 rings (SSSR count). The molecular formula is C10H20N2O. The first-order valence-corrected chi connectivity index (χ1v) is 5.24. The van der Waals surface area contributed by atoms with E-state index in [0.717, 1.165) is 25.2 Å². The molecule has 0 radical (unpaired) electrons. The Morgan fingerprint density at radius 2 is 1.85 bits per heavy atom. The third kappa shape index (κ3) is 1.87. The number of likely N-dealkylation sites (N-methyl/N-ethyl adjacent to an activating group) is 1. The van der Waals surface area contributed by atoms with Crippen LogP contribution in [0.4, 0.5) is 0 Å². The molecule has 0 spiro atoms. The molecular weight excluding hydrogens is 164 g/mol. The standard InChI is InChI=1S/C10H20N2O/c1-11-7-9-3-4-10(8-11)12(9)5-6-13-2/h9-10H,3-8H2,1-2H3. The van der Waals surface area contributed by atoms with Gasteiger partial charge in [0.15, 0.2) is 0 Å². The molecule has 0 aromatic heterocycles. The summed E-state index contributed by atoms with van der Waals surface area (Å²) in [4.78, 5) is 5.11. The highest BCUT2D eigenvalue weighted by molar-refractivity contribution is 4.94. The smallest absolute Gasteiger partial charge is 0.0589 e. The normalized spacial score (nSPS) is 35.5. The van der Waals surface area contributed by atoms with Gasteiger partial charge in [0.2, 0.25) is 0 Å². The molecule has 2 saturated heterocycles. The van der Waals surface area contributed by atoms with Gasteiger partial charge in [-0.15, -0.1) is 0 Å². The molecule has 2 aliphatic heterocycles. The molecule has 2 atom stereocenters. The lowest BCUT2D eigenvalue weighted by molar-refractivity contribution is 0.0559. The zero-order valence-corrected chi connectivity index (χ0v) is 8.70. The van der Waals surface area contributed by atoms with Crippen LogP contribution in [-0.2, 0) is 4.74 Å². The number of piperazine rings is 1. The fourth-order valence-corrected chi connectivity index (χ4v) is 2.76. The molecule has 2 unspecified atom stereocenters. The largest absolute Gasteiger partial charge is 0.383 e. The molecule has 76 valence electrons. The maximum atomic E-state index is 5.14. The van der Waals surface area contributed by atoms with E-state index in [2.05, 4.69) is 16.8 Å². The number of fused-ring (bicyclic) bond motifs is 2. The summed E-state index contributed by atoms with van der Waals surface area (Å²) in [5.74, 6) is 0. The van der Waals surface area contributed by atoms with Crippen LogP contribution in [0.3, 0.4) is 0 Å². The van der Waals surface area contributed by atoms with Crippen LogP contribution in [0.15, 0.2) is 0 Å². The summed E-state index contributed by atoms with van der Waals surface area (Å²) >= 11 is 0. The molecule has 0 saturated carbocycles. The molecule has 13 heavy (non-hydrogen) atoms. The van der Waals surface area contributed by atoms with Gasteiger partial charge < -0.3 is 9.64 Å². The van der Waals surface area contributed by atoms with Crippen molar-refractivity contribution in [2.75, 3.05) is 40.4 Å². The lowest BCUT2D eigenvalue weighted by Gasteiger charge is -2.39. The van der Waals surface area contributed by atoms with Crippen LogP contribution in [0.1, 0.15) is 12.8 Å². The molecule has 0 amide bonds. The van der Waals surface area contributed by atoms with E-state index in [0.29, 0.717) is 0 Å². The Balaban J connectivity index is 1.90. The molecule has 2 heterocycles. The monoisotopic (exact) mass is 184 g/mol. The Morgan fingerprint density at radius 3 is 2.38 bits per heavy atom. The van der Waals surface area contributed by atoms with E-state index in [-0.39, 0.29) is 0 Å². The van der Waals surface area contributed by atoms with Crippen LogP contribution in [0, 0.1) is 0 Å². The van der Waals surface area contributed by atoms with Crippen molar-refractivity contribution >= 4 is 0 Å². The van der Waals surface area contributed by atoms with E-state index < -0.39 is 0 Å². The zero-order chi connectivity index (χ0) is 9.26. The number of hydrogen-bond donors (Lipinski definition) is 0. The van der Waals surface area contributed by atoms with Crippen LogP contribution in [0.25, 0.3) is 0 Å². The van der Waals surface area contributed by atoms with Gasteiger partial charge in [-0.05, 0) is 19.9 Å². The van der Waals surface area contributed by atoms with Gasteiger partial charge in [-0.2, -0.15) is 0 Å². The van der Waals surface area contributed by atoms with Crippen molar-refractivity contribution in [3.05, 3.63) is 0 Å². The third-order valence-electron chi connectivity index (χ3n) is 3.37. The van der Waals surface area contributed by atoms with Crippen LogP contribution >= 0.6 is 0 Å². The third-order valence-corrected chi connectivity index (χ3v) is 3.37. The van der Waals surface area contributed by atoms with Crippen molar-refractivity contribution in [3.63, 3.8) is 0 Å². The van der Waals surface area contributed by atoms with E-state index in [1.807, 2.05) is 0 Å². The number of ether oxygens (including phenoxy) is 1. The molecule has 0 N–H and O–H groups in total. The number of hydrogen-bond acceptors (Lipinski definition) is 3. The van der Waals surface area contributed by atoms with Gasteiger partial charge in [0.25, 0.3) is 0 Å². The maximum absolute atomic E-state index is 5.14. The molecule has 0 aliphatic carbocycles. The van der Waals surface area contributed by atoms with Gasteiger partial charge in [0.1, 0.15) is 0 Å². The van der Waals surface area contributed by atoms with Crippen molar-refractivity contribution in [1.29, 1.82) is 0 Å². The van der Waals surface area contributed by atoms with E-state index in [9.17, 15) is 0 Å². The van der Waals surface area contributed by atoms with E-state index in [4.69, 9.17) is 4.74 Å². The first-order chi connectivity index (χ1) is 6.31. The summed E-state index contributed by atoms with van der Waals surface area (Å²) < 4.78 is 5.14. The van der Waals surface area contributed by atoms with E-state index >= 15 is 0 Å². The Kier molecular flexibility index (Phi) is 2.86. The molecule has 2 bridgehead atoms. The second kappa shape index (κ2) is 3.95. The van der Waals surface area contributed by atoms with Gasteiger partial charge in [0.05, 0.1) is 6.61 Å². The zero-order valence-electron chi connectivity index (χ0n) is 8.70. The Morgan fingerprint density at radius 1 is 1.23 bits per heavy atom. The minimum Gasteiger partial charge on any atom is -0.383 e. The lowest BCUT2D eigenvalue weighted by Crippen LogP contribution is -2.53. The highest BCUT2D eigenvalue weighted by atomic mass is 16.5. The molecule has 3 nitrogen and oxygen atoms in total. The Labute approximate surface area is 80.6 Å². The lowest BCUT2D eigenvalue weighted by atomic mass is 10.2. The van der Waals surface area contributed by atoms with Crippen molar-refractivity contribution in [2.45, 2.75) is 24.9 Å². The molecule has 3 heteroatoms. The molecule has 2 fully saturated rings. The maximum Gasteiger partial charge on any atom is 0.0589 e. The van der Waals surface area contributed by atoms with Crippen LogP contribution in [-0.4, -0.2) is 62.3 Å². The minimum absolute atomic E-state index is 0.805. The first kappa shape index (κ1) is 9.44. The van der Waals surface area contributed by atoms with Gasteiger partial charge >= 0.3 is 0 Å². The molecule has 2 aliphatic rings. The number of methoxy groups -OCH3 is 1. The Bertz CT molecular complexity index is 160. The van der Waals surface area contributed by atoms with Crippen LogP contribution in [0.5, 0.6) is 0 Å². The highest BCUT2D eigenvalue weighted by Crippen LogP contribution is 2.28. The second-order valence-electron chi connectivity index (χ2n) is 4.34. The average Bonchev–Trinajstić information content (AvgIpc) is 2.33. The summed E-state index contributed by atoms with van der Waals surface area (Å²) in [6.45, 7) is 4.51. The second-order valence-corrected chi connectivity index (χ2v) is 4.34. The summed E-state index contributed by atoms with van der Waals surface area (Å²) in [7, 11) is 4.02. The average molecular weight is 184 g/mol. The van der Waals surface area contributed by atoms with Crippen molar-refractivity contribution in [2.24, 2.45) is 0 Å².